The second-order valence-electron chi connectivity index (χ2n) is 6.80. The SMILES string of the molecule is CCC.COCCCOc1cc2c(cc1C)-c1cc(=O)c(C(=O)O)cn1CCO2. The normalized spacial score (nSPS) is 11.9. The number of aromatic nitrogens is 1. The first-order valence-corrected chi connectivity index (χ1v) is 9.80. The first-order chi connectivity index (χ1) is 13.9. The maximum absolute atomic E-state index is 12.1. The van der Waals surface area contributed by atoms with Crippen molar-refractivity contribution in [1.82, 2.24) is 4.57 Å². The number of fused-ring (bicyclic) bond motifs is 3. The Morgan fingerprint density at radius 2 is 1.97 bits per heavy atom. The topological polar surface area (TPSA) is 87.0 Å². The van der Waals surface area contributed by atoms with E-state index in [9.17, 15) is 9.59 Å². The van der Waals surface area contributed by atoms with Gasteiger partial charge in [0.2, 0.25) is 0 Å². The maximum Gasteiger partial charge on any atom is 0.341 e. The number of hydrogen-bond donors (Lipinski definition) is 1. The molecule has 0 fully saturated rings. The van der Waals surface area contributed by atoms with Gasteiger partial charge in [-0.25, -0.2) is 4.79 Å². The summed E-state index contributed by atoms with van der Waals surface area (Å²) in [6.45, 7) is 8.15. The van der Waals surface area contributed by atoms with Crippen molar-refractivity contribution in [2.45, 2.75) is 40.2 Å². The van der Waals surface area contributed by atoms with Gasteiger partial charge >= 0.3 is 5.97 Å². The highest BCUT2D eigenvalue weighted by Gasteiger charge is 2.20. The van der Waals surface area contributed by atoms with E-state index in [-0.39, 0.29) is 5.56 Å². The van der Waals surface area contributed by atoms with Gasteiger partial charge in [0.25, 0.3) is 0 Å². The number of hydrogen-bond acceptors (Lipinski definition) is 5. The summed E-state index contributed by atoms with van der Waals surface area (Å²) in [5, 5.41) is 9.16. The van der Waals surface area contributed by atoms with Gasteiger partial charge in [-0.3, -0.25) is 4.79 Å². The maximum atomic E-state index is 12.1. The van der Waals surface area contributed by atoms with Crippen LogP contribution in [0.3, 0.4) is 0 Å². The fourth-order valence-corrected chi connectivity index (χ4v) is 2.94. The van der Waals surface area contributed by atoms with E-state index in [1.807, 2.05) is 19.1 Å². The quantitative estimate of drug-likeness (QED) is 0.740. The molecule has 158 valence electrons. The highest BCUT2D eigenvalue weighted by Crippen LogP contribution is 2.37. The van der Waals surface area contributed by atoms with E-state index in [1.54, 1.807) is 11.7 Å². The van der Waals surface area contributed by atoms with Crippen molar-refractivity contribution < 1.29 is 24.1 Å². The first-order valence-electron chi connectivity index (χ1n) is 9.80. The van der Waals surface area contributed by atoms with Crippen LogP contribution in [0.25, 0.3) is 11.3 Å². The molecule has 7 heteroatoms. The number of methoxy groups -OCH3 is 1. The summed E-state index contributed by atoms with van der Waals surface area (Å²) in [4.78, 5) is 23.4. The zero-order chi connectivity index (χ0) is 21.4. The van der Waals surface area contributed by atoms with Crippen LogP contribution in [0.15, 0.2) is 29.2 Å². The lowest BCUT2D eigenvalue weighted by Crippen LogP contribution is -2.19. The number of aryl methyl sites for hydroxylation is 1. The Bertz CT molecular complexity index is 903. The minimum Gasteiger partial charge on any atom is -0.493 e. The Morgan fingerprint density at radius 3 is 2.62 bits per heavy atom. The molecule has 0 unspecified atom stereocenters. The molecule has 0 bridgehead atoms. The molecule has 0 saturated heterocycles. The molecule has 29 heavy (non-hydrogen) atoms. The van der Waals surface area contributed by atoms with Crippen LogP contribution in [0.1, 0.15) is 42.6 Å². The van der Waals surface area contributed by atoms with Crippen molar-refractivity contribution in [2.75, 3.05) is 26.9 Å². The largest absolute Gasteiger partial charge is 0.493 e. The second-order valence-corrected chi connectivity index (χ2v) is 6.80. The molecular formula is C22H29NO6. The molecule has 1 aliphatic heterocycles. The molecule has 3 rings (SSSR count). The number of ether oxygens (including phenoxy) is 3. The van der Waals surface area contributed by atoms with Crippen LogP contribution < -0.4 is 14.9 Å². The van der Waals surface area contributed by atoms with Crippen LogP contribution in [-0.4, -0.2) is 42.6 Å². The molecule has 1 aromatic heterocycles. The number of carboxylic acid groups (broad SMARTS) is 1. The van der Waals surface area contributed by atoms with Crippen molar-refractivity contribution in [3.05, 3.63) is 45.7 Å². The fraction of sp³-hybridized carbons (Fsp3) is 0.455. The highest BCUT2D eigenvalue weighted by atomic mass is 16.5. The van der Waals surface area contributed by atoms with Crippen LogP contribution in [-0.2, 0) is 11.3 Å². The second kappa shape index (κ2) is 10.7. The predicted octanol–water partition coefficient (Wildman–Crippen LogP) is 3.75. The van der Waals surface area contributed by atoms with E-state index in [2.05, 4.69) is 13.8 Å². The van der Waals surface area contributed by atoms with E-state index in [1.165, 1.54) is 18.7 Å². The molecule has 0 amide bonds. The van der Waals surface area contributed by atoms with Crippen LogP contribution in [0.5, 0.6) is 11.5 Å². The van der Waals surface area contributed by atoms with Crippen LogP contribution >= 0.6 is 0 Å². The Labute approximate surface area is 170 Å². The number of benzene rings is 1. The van der Waals surface area contributed by atoms with E-state index < -0.39 is 11.4 Å². The molecule has 1 N–H and O–H groups in total. The first kappa shape index (κ1) is 22.5. The number of aromatic carboxylic acids is 1. The highest BCUT2D eigenvalue weighted by molar-refractivity contribution is 5.87. The van der Waals surface area contributed by atoms with Gasteiger partial charge in [-0.1, -0.05) is 20.3 Å². The summed E-state index contributed by atoms with van der Waals surface area (Å²) >= 11 is 0. The van der Waals surface area contributed by atoms with Crippen molar-refractivity contribution in [1.29, 1.82) is 0 Å². The Balaban J connectivity index is 0.000000941. The van der Waals surface area contributed by atoms with Gasteiger partial charge in [-0.2, -0.15) is 0 Å². The lowest BCUT2D eigenvalue weighted by Gasteiger charge is -2.15. The molecule has 1 aliphatic rings. The monoisotopic (exact) mass is 403 g/mol. The van der Waals surface area contributed by atoms with Crippen molar-refractivity contribution >= 4 is 5.97 Å². The van der Waals surface area contributed by atoms with Gasteiger partial charge in [0.15, 0.2) is 5.43 Å². The Hall–Kier alpha value is -2.80. The lowest BCUT2D eigenvalue weighted by molar-refractivity contribution is 0.0694. The van der Waals surface area contributed by atoms with Crippen LogP contribution in [0, 0.1) is 6.92 Å². The zero-order valence-corrected chi connectivity index (χ0v) is 17.5. The minimum absolute atomic E-state index is 0.244. The number of carbonyl (C=O) groups is 1. The molecule has 2 heterocycles. The van der Waals surface area contributed by atoms with Crippen molar-refractivity contribution in [3.8, 4) is 22.8 Å². The van der Waals surface area contributed by atoms with Gasteiger partial charge in [0.05, 0.1) is 18.8 Å². The predicted molar refractivity (Wildman–Crippen MR) is 111 cm³/mol. The summed E-state index contributed by atoms with van der Waals surface area (Å²) in [5.41, 5.74) is 1.54. The van der Waals surface area contributed by atoms with Gasteiger partial charge in [0.1, 0.15) is 23.7 Å². The Morgan fingerprint density at radius 1 is 1.24 bits per heavy atom. The number of pyridine rings is 1. The summed E-state index contributed by atoms with van der Waals surface area (Å²) in [7, 11) is 1.65. The third kappa shape index (κ3) is 5.60. The van der Waals surface area contributed by atoms with Gasteiger partial charge in [-0.05, 0) is 18.6 Å². The summed E-state index contributed by atoms with van der Waals surface area (Å²) in [6, 6.07) is 5.08. The fourth-order valence-electron chi connectivity index (χ4n) is 2.94. The van der Waals surface area contributed by atoms with Crippen LogP contribution in [0.2, 0.25) is 0 Å². The molecule has 0 aliphatic carbocycles. The number of rotatable bonds is 6. The molecule has 0 radical (unpaired) electrons. The molecule has 0 atom stereocenters. The standard InChI is InChI=1S/C19H21NO6.C3H8/c1-12-8-13-15-9-16(21)14(19(22)23)11-20(15)4-7-26-18(13)10-17(12)25-6-3-5-24-2;1-3-2/h8-11H,3-7H2,1-2H3,(H,22,23);3H2,1-2H3. The van der Waals surface area contributed by atoms with E-state index in [4.69, 9.17) is 19.3 Å². The third-order valence-electron chi connectivity index (χ3n) is 4.25. The zero-order valence-electron chi connectivity index (χ0n) is 17.5. The number of nitrogens with zero attached hydrogens (tertiary/aromatic N) is 1. The molecule has 0 saturated carbocycles. The van der Waals surface area contributed by atoms with E-state index in [0.29, 0.717) is 37.8 Å². The van der Waals surface area contributed by atoms with Crippen molar-refractivity contribution in [2.24, 2.45) is 0 Å². The van der Waals surface area contributed by atoms with Gasteiger partial charge in [-0.15, -0.1) is 0 Å². The molecule has 7 nitrogen and oxygen atoms in total. The molecule has 1 aromatic carbocycles. The third-order valence-corrected chi connectivity index (χ3v) is 4.25. The van der Waals surface area contributed by atoms with Crippen molar-refractivity contribution in [3.63, 3.8) is 0 Å². The van der Waals surface area contributed by atoms with E-state index in [0.717, 1.165) is 23.3 Å². The average molecular weight is 403 g/mol. The lowest BCUT2D eigenvalue weighted by atomic mass is 10.0. The minimum atomic E-state index is -1.23. The molecular weight excluding hydrogens is 374 g/mol. The Kier molecular flexibility index (Phi) is 8.27. The smallest absolute Gasteiger partial charge is 0.341 e. The van der Waals surface area contributed by atoms with Crippen LogP contribution in [0.4, 0.5) is 0 Å². The average Bonchev–Trinajstić information content (AvgIpc) is 2.84. The molecule has 2 aromatic rings. The van der Waals surface area contributed by atoms with Gasteiger partial charge < -0.3 is 23.9 Å². The summed E-state index contributed by atoms with van der Waals surface area (Å²) < 4.78 is 18.4. The van der Waals surface area contributed by atoms with E-state index >= 15 is 0 Å². The summed E-state index contributed by atoms with van der Waals surface area (Å²) in [5.74, 6) is 0.107. The number of carboxylic acids is 1. The van der Waals surface area contributed by atoms with Gasteiger partial charge in [0, 0.05) is 44.0 Å². The summed E-state index contributed by atoms with van der Waals surface area (Å²) in [6.07, 6.45) is 3.41. The molecule has 0 spiro atoms.